The van der Waals surface area contributed by atoms with Crippen molar-refractivity contribution in [2.45, 2.75) is 169 Å². The zero-order valence-corrected chi connectivity index (χ0v) is 27.7. The highest BCUT2D eigenvalue weighted by molar-refractivity contribution is 7.46. The van der Waals surface area contributed by atoms with E-state index in [2.05, 4.69) is 32.2 Å². The van der Waals surface area contributed by atoms with E-state index in [0.29, 0.717) is 6.42 Å². The van der Waals surface area contributed by atoms with Crippen molar-refractivity contribution in [2.75, 3.05) is 13.2 Å². The van der Waals surface area contributed by atoms with Crippen LogP contribution < -0.4 is 0 Å². The van der Waals surface area contributed by atoms with E-state index in [9.17, 15) is 14.2 Å². The van der Waals surface area contributed by atoms with Crippen LogP contribution >= 0.6 is 7.82 Å². The Hall–Kier alpha value is -0.950. The van der Waals surface area contributed by atoms with Gasteiger partial charge in [0.2, 0.25) is 0 Å². The van der Waals surface area contributed by atoms with Crippen molar-refractivity contribution in [3.05, 3.63) is 0 Å². The van der Waals surface area contributed by atoms with Crippen LogP contribution in [0.4, 0.5) is 0 Å². The third kappa shape index (κ3) is 31.8. The van der Waals surface area contributed by atoms with E-state index >= 15 is 0 Å². The second kappa shape index (κ2) is 26.7. The van der Waals surface area contributed by atoms with Crippen molar-refractivity contribution in [3.63, 3.8) is 0 Å². The van der Waals surface area contributed by atoms with Crippen molar-refractivity contribution in [2.24, 2.45) is 11.8 Å². The van der Waals surface area contributed by atoms with Crippen LogP contribution in [-0.2, 0) is 28.2 Å². The molecule has 0 aromatic carbocycles. The lowest BCUT2D eigenvalue weighted by Crippen LogP contribution is -2.29. The van der Waals surface area contributed by atoms with Gasteiger partial charge >= 0.3 is 19.8 Å². The second-order valence-electron chi connectivity index (χ2n) is 12.5. The minimum atomic E-state index is -4.74. The molecule has 0 aliphatic heterocycles. The molecule has 1 atom stereocenters. The number of phosphoric ester groups is 1. The fourth-order valence-corrected chi connectivity index (χ4v) is 5.10. The van der Waals surface area contributed by atoms with Gasteiger partial charge < -0.3 is 19.3 Å². The number of ether oxygens (including phenoxy) is 2. The number of hydrogen-bond acceptors (Lipinski definition) is 6. The molecular formula is C32H63O8P. The van der Waals surface area contributed by atoms with Gasteiger partial charge in [0.15, 0.2) is 6.10 Å². The Bertz CT molecular complexity index is 677. The number of carbonyl (C=O) groups is 2. The first kappa shape index (κ1) is 40.1. The average molecular weight is 607 g/mol. The minimum Gasteiger partial charge on any atom is -0.462 e. The summed E-state index contributed by atoms with van der Waals surface area (Å²) in [4.78, 5) is 42.4. The molecule has 2 N–H and O–H groups in total. The number of rotatable bonds is 29. The molecule has 0 radical (unpaired) electrons. The van der Waals surface area contributed by atoms with Crippen molar-refractivity contribution >= 4 is 19.8 Å². The third-order valence-electron chi connectivity index (χ3n) is 7.23. The number of unbranched alkanes of at least 4 members (excludes halogenated alkanes) is 15. The van der Waals surface area contributed by atoms with Crippen LogP contribution in [0.1, 0.15) is 163 Å². The molecule has 0 saturated heterocycles. The molecule has 0 rings (SSSR count). The summed E-state index contributed by atoms with van der Waals surface area (Å²) in [6.45, 7) is 8.23. The van der Waals surface area contributed by atoms with Crippen LogP contribution in [0, 0.1) is 11.8 Å². The molecule has 41 heavy (non-hydrogen) atoms. The van der Waals surface area contributed by atoms with Gasteiger partial charge in [-0.3, -0.25) is 14.1 Å². The Balaban J connectivity index is 4.01. The Morgan fingerprint density at radius 2 is 0.927 bits per heavy atom. The zero-order valence-electron chi connectivity index (χ0n) is 26.8. The molecule has 0 bridgehead atoms. The maximum absolute atomic E-state index is 12.3. The normalized spacial score (nSPS) is 12.7. The maximum Gasteiger partial charge on any atom is 0.469 e. The van der Waals surface area contributed by atoms with Gasteiger partial charge in [-0.05, 0) is 24.7 Å². The highest BCUT2D eigenvalue weighted by Crippen LogP contribution is 2.36. The van der Waals surface area contributed by atoms with Crippen LogP contribution in [-0.4, -0.2) is 41.0 Å². The van der Waals surface area contributed by atoms with E-state index < -0.39 is 32.5 Å². The van der Waals surface area contributed by atoms with Gasteiger partial charge in [0.05, 0.1) is 6.61 Å². The summed E-state index contributed by atoms with van der Waals surface area (Å²) >= 11 is 0. The minimum absolute atomic E-state index is 0.216. The van der Waals surface area contributed by atoms with E-state index in [1.807, 2.05) is 0 Å². The third-order valence-corrected chi connectivity index (χ3v) is 7.72. The quantitative estimate of drug-likeness (QED) is 0.0492. The second-order valence-corrected chi connectivity index (χ2v) is 13.7. The molecule has 0 spiro atoms. The van der Waals surface area contributed by atoms with E-state index in [0.717, 1.165) is 50.4 Å². The Kier molecular flexibility index (Phi) is 26.0. The lowest BCUT2D eigenvalue weighted by atomic mass is 10.0. The summed E-state index contributed by atoms with van der Waals surface area (Å²) in [5.41, 5.74) is 0. The van der Waals surface area contributed by atoms with Gasteiger partial charge in [-0.15, -0.1) is 0 Å². The molecule has 0 aromatic heterocycles. The van der Waals surface area contributed by atoms with Crippen LogP contribution in [0.15, 0.2) is 0 Å². The van der Waals surface area contributed by atoms with Crippen LogP contribution in [0.25, 0.3) is 0 Å². The summed E-state index contributed by atoms with van der Waals surface area (Å²) < 4.78 is 26.2. The lowest BCUT2D eigenvalue weighted by molar-refractivity contribution is -0.161. The predicted molar refractivity (Wildman–Crippen MR) is 165 cm³/mol. The number of esters is 2. The standard InChI is InChI=1S/C32H63O8P/c1-28(2)22-18-14-10-7-5-6-8-12-17-21-25-32(34)40-30(27-39-41(35,36)37)26-38-31(33)24-20-16-13-9-11-15-19-23-29(3)4/h28-30H,5-27H2,1-4H3,(H2,35,36,37)/t30-/m1/s1. The van der Waals surface area contributed by atoms with Crippen molar-refractivity contribution in [1.29, 1.82) is 0 Å². The summed E-state index contributed by atoms with van der Waals surface area (Å²) in [7, 11) is -4.74. The summed E-state index contributed by atoms with van der Waals surface area (Å²) in [5.74, 6) is 0.674. The molecule has 244 valence electrons. The molecular weight excluding hydrogens is 543 g/mol. The van der Waals surface area contributed by atoms with Gasteiger partial charge in [0.25, 0.3) is 0 Å². The smallest absolute Gasteiger partial charge is 0.462 e. The molecule has 0 saturated carbocycles. The number of carbonyl (C=O) groups excluding carboxylic acids is 2. The molecule has 0 unspecified atom stereocenters. The maximum atomic E-state index is 12.3. The van der Waals surface area contributed by atoms with Crippen molar-refractivity contribution in [3.8, 4) is 0 Å². The first-order valence-corrected chi connectivity index (χ1v) is 18.1. The van der Waals surface area contributed by atoms with E-state index in [1.54, 1.807) is 0 Å². The first-order chi connectivity index (χ1) is 19.5. The molecule has 0 aromatic rings. The SMILES string of the molecule is CC(C)CCCCCCCCCCCCC(=O)O[C@H](COC(=O)CCCCCCCCCC(C)C)COP(=O)(O)O. The summed E-state index contributed by atoms with van der Waals surface area (Å²) in [6, 6.07) is 0. The van der Waals surface area contributed by atoms with Gasteiger partial charge in [-0.2, -0.15) is 0 Å². The zero-order chi connectivity index (χ0) is 30.8. The predicted octanol–water partition coefficient (Wildman–Crippen LogP) is 9.05. The molecule has 8 nitrogen and oxygen atoms in total. The Morgan fingerprint density at radius 1 is 0.561 bits per heavy atom. The summed E-state index contributed by atoms with van der Waals surface area (Å²) in [6.07, 6.45) is 21.4. The number of phosphoric acid groups is 1. The summed E-state index contributed by atoms with van der Waals surface area (Å²) in [5, 5.41) is 0. The fraction of sp³-hybridized carbons (Fsp3) is 0.938. The van der Waals surface area contributed by atoms with Gasteiger partial charge in [-0.25, -0.2) is 4.57 Å². The van der Waals surface area contributed by atoms with Crippen LogP contribution in [0.3, 0.4) is 0 Å². The fourth-order valence-electron chi connectivity index (χ4n) is 4.74. The molecule has 0 fully saturated rings. The topological polar surface area (TPSA) is 119 Å². The van der Waals surface area contributed by atoms with Gasteiger partial charge in [0.1, 0.15) is 6.61 Å². The van der Waals surface area contributed by atoms with Crippen molar-refractivity contribution in [1.82, 2.24) is 0 Å². The van der Waals surface area contributed by atoms with Crippen LogP contribution in [0.2, 0.25) is 0 Å². The van der Waals surface area contributed by atoms with Crippen molar-refractivity contribution < 1.29 is 37.9 Å². The van der Waals surface area contributed by atoms with Gasteiger partial charge in [-0.1, -0.05) is 137 Å². The molecule has 0 heterocycles. The van der Waals surface area contributed by atoms with E-state index in [4.69, 9.17) is 19.3 Å². The molecule has 9 heteroatoms. The molecule has 0 aliphatic carbocycles. The monoisotopic (exact) mass is 606 g/mol. The van der Waals surface area contributed by atoms with E-state index in [1.165, 1.54) is 77.0 Å². The Morgan fingerprint density at radius 3 is 1.32 bits per heavy atom. The molecule has 0 amide bonds. The molecule has 0 aliphatic rings. The number of hydrogen-bond donors (Lipinski definition) is 2. The lowest BCUT2D eigenvalue weighted by Gasteiger charge is -2.18. The largest absolute Gasteiger partial charge is 0.469 e. The van der Waals surface area contributed by atoms with E-state index in [-0.39, 0.29) is 19.4 Å². The Labute approximate surface area is 251 Å². The average Bonchev–Trinajstić information content (AvgIpc) is 2.89. The highest BCUT2D eigenvalue weighted by Gasteiger charge is 2.22. The van der Waals surface area contributed by atoms with Gasteiger partial charge in [0, 0.05) is 12.8 Å². The first-order valence-electron chi connectivity index (χ1n) is 16.5. The van der Waals surface area contributed by atoms with Crippen LogP contribution in [0.5, 0.6) is 0 Å². The highest BCUT2D eigenvalue weighted by atomic mass is 31.2.